The highest BCUT2D eigenvalue weighted by Crippen LogP contribution is 2.48. The van der Waals surface area contributed by atoms with Crippen molar-refractivity contribution in [1.82, 2.24) is 0 Å². The van der Waals surface area contributed by atoms with Gasteiger partial charge in [-0.3, -0.25) is 0 Å². The van der Waals surface area contributed by atoms with Crippen LogP contribution < -0.4 is 0 Å². The van der Waals surface area contributed by atoms with Gasteiger partial charge in [-0.25, -0.2) is 0 Å². The van der Waals surface area contributed by atoms with Gasteiger partial charge in [0.15, 0.2) is 0 Å². The molecule has 0 amide bonds. The maximum atomic E-state index is 9.38. The monoisotopic (exact) mass is 362 g/mol. The fourth-order valence-corrected chi connectivity index (χ4v) is 5.97. The van der Waals surface area contributed by atoms with Crippen LogP contribution in [0.1, 0.15) is 101 Å². The first-order valence-corrected chi connectivity index (χ1v) is 11.1. The molecule has 0 saturated heterocycles. The first-order valence-electron chi connectivity index (χ1n) is 11.1. The van der Waals surface area contributed by atoms with E-state index in [1.165, 1.54) is 69.8 Å². The fraction of sp³-hybridized carbons (Fsp3) is 0.680. The van der Waals surface area contributed by atoms with Crippen molar-refractivity contribution in [2.24, 2.45) is 23.7 Å². The lowest BCUT2D eigenvalue weighted by Crippen LogP contribution is -2.32. The van der Waals surface area contributed by atoms with Crippen molar-refractivity contribution in [1.29, 1.82) is 10.5 Å². The first kappa shape index (κ1) is 19.9. The highest BCUT2D eigenvalue weighted by atomic mass is 14.4. The molecule has 0 aliphatic heterocycles. The van der Waals surface area contributed by atoms with Crippen molar-refractivity contribution in [3.8, 4) is 12.1 Å². The molecule has 0 aromatic heterocycles. The Morgan fingerprint density at radius 1 is 0.926 bits per heavy atom. The van der Waals surface area contributed by atoms with E-state index in [0.29, 0.717) is 17.0 Å². The lowest BCUT2D eigenvalue weighted by atomic mass is 9.62. The highest BCUT2D eigenvalue weighted by molar-refractivity contribution is 5.48. The van der Waals surface area contributed by atoms with Gasteiger partial charge in [0, 0.05) is 0 Å². The normalized spacial score (nSPS) is 31.0. The number of benzene rings is 1. The predicted octanol–water partition coefficient (Wildman–Crippen LogP) is 6.95. The van der Waals surface area contributed by atoms with Crippen LogP contribution in [-0.4, -0.2) is 0 Å². The van der Waals surface area contributed by atoms with Crippen LogP contribution in [0.2, 0.25) is 0 Å². The quantitative estimate of drug-likeness (QED) is 0.569. The summed E-state index contributed by atoms with van der Waals surface area (Å²) in [6.45, 7) is 4.69. The summed E-state index contributed by atoms with van der Waals surface area (Å²) in [6.07, 6.45) is 13.6. The van der Waals surface area contributed by atoms with Gasteiger partial charge < -0.3 is 0 Å². The van der Waals surface area contributed by atoms with Crippen LogP contribution in [-0.2, 0) is 0 Å². The second kappa shape index (κ2) is 9.41. The molecule has 27 heavy (non-hydrogen) atoms. The van der Waals surface area contributed by atoms with E-state index in [-0.39, 0.29) is 0 Å². The molecule has 2 fully saturated rings. The van der Waals surface area contributed by atoms with Gasteiger partial charge in [0.2, 0.25) is 0 Å². The van der Waals surface area contributed by atoms with Crippen LogP contribution >= 0.6 is 0 Å². The second-order valence-corrected chi connectivity index (χ2v) is 8.94. The molecule has 2 saturated carbocycles. The van der Waals surface area contributed by atoms with Crippen molar-refractivity contribution in [3.05, 3.63) is 34.9 Å². The zero-order chi connectivity index (χ0) is 19.2. The Morgan fingerprint density at radius 2 is 1.67 bits per heavy atom. The summed E-state index contributed by atoms with van der Waals surface area (Å²) in [5.41, 5.74) is 2.34. The van der Waals surface area contributed by atoms with Gasteiger partial charge in [-0.05, 0) is 79.4 Å². The smallest absolute Gasteiger partial charge is 0.101 e. The van der Waals surface area contributed by atoms with Crippen molar-refractivity contribution in [2.75, 3.05) is 0 Å². The highest BCUT2D eigenvalue weighted by Gasteiger charge is 2.36. The summed E-state index contributed by atoms with van der Waals surface area (Å²) in [5, 5.41) is 18.6. The molecule has 0 bridgehead atoms. The van der Waals surface area contributed by atoms with E-state index < -0.39 is 0 Å². The minimum Gasteiger partial charge on any atom is -0.192 e. The van der Waals surface area contributed by atoms with Crippen LogP contribution in [0, 0.1) is 46.3 Å². The summed E-state index contributed by atoms with van der Waals surface area (Å²) < 4.78 is 0. The summed E-state index contributed by atoms with van der Waals surface area (Å²) in [6, 6.07) is 10.3. The van der Waals surface area contributed by atoms with Crippen LogP contribution in [0.15, 0.2) is 18.2 Å². The van der Waals surface area contributed by atoms with E-state index in [4.69, 9.17) is 0 Å². The number of hydrogen-bond donors (Lipinski definition) is 0. The minimum absolute atomic E-state index is 0.509. The van der Waals surface area contributed by atoms with Crippen molar-refractivity contribution in [3.63, 3.8) is 0 Å². The lowest BCUT2D eigenvalue weighted by Gasteiger charge is -2.43. The molecule has 2 heteroatoms. The Labute approximate surface area is 165 Å². The molecule has 2 nitrogen and oxygen atoms in total. The van der Waals surface area contributed by atoms with E-state index in [2.05, 4.69) is 32.1 Å². The van der Waals surface area contributed by atoms with E-state index in [0.717, 1.165) is 23.7 Å². The number of hydrogen-bond acceptors (Lipinski definition) is 2. The molecule has 3 atom stereocenters. The van der Waals surface area contributed by atoms with Crippen LogP contribution in [0.25, 0.3) is 0 Å². The van der Waals surface area contributed by atoms with Gasteiger partial charge in [0.25, 0.3) is 0 Å². The predicted molar refractivity (Wildman–Crippen MR) is 110 cm³/mol. The maximum Gasteiger partial charge on any atom is 0.101 e. The third-order valence-electron chi connectivity index (χ3n) is 7.52. The molecule has 2 aliphatic carbocycles. The van der Waals surface area contributed by atoms with Gasteiger partial charge in [-0.15, -0.1) is 0 Å². The van der Waals surface area contributed by atoms with E-state index >= 15 is 0 Å². The minimum atomic E-state index is 0.509. The number of nitrogens with zero attached hydrogens (tertiary/aromatic N) is 2. The van der Waals surface area contributed by atoms with Gasteiger partial charge in [0.1, 0.15) is 12.1 Å². The molecular formula is C25H34N2. The first-order chi connectivity index (χ1) is 13.2. The molecule has 0 spiro atoms. The van der Waals surface area contributed by atoms with Gasteiger partial charge >= 0.3 is 0 Å². The zero-order valence-electron chi connectivity index (χ0n) is 17.1. The summed E-state index contributed by atoms with van der Waals surface area (Å²) in [5.74, 6) is 4.16. The second-order valence-electron chi connectivity index (χ2n) is 8.94. The van der Waals surface area contributed by atoms with Crippen LogP contribution in [0.5, 0.6) is 0 Å². The molecule has 0 radical (unpaired) electrons. The largest absolute Gasteiger partial charge is 0.192 e. The average molecular weight is 363 g/mol. The number of rotatable bonds is 5. The average Bonchev–Trinajstić information content (AvgIpc) is 2.73. The summed E-state index contributed by atoms with van der Waals surface area (Å²) in [4.78, 5) is 0. The molecule has 3 unspecified atom stereocenters. The van der Waals surface area contributed by atoms with Gasteiger partial charge in [0.05, 0.1) is 11.1 Å². The Balaban J connectivity index is 1.72. The third kappa shape index (κ3) is 4.55. The summed E-state index contributed by atoms with van der Waals surface area (Å²) >= 11 is 0. The molecule has 0 N–H and O–H groups in total. The lowest BCUT2D eigenvalue weighted by molar-refractivity contribution is 0.0980. The van der Waals surface area contributed by atoms with Crippen LogP contribution in [0.4, 0.5) is 0 Å². The summed E-state index contributed by atoms with van der Waals surface area (Å²) in [7, 11) is 0. The molecule has 3 rings (SSSR count). The third-order valence-corrected chi connectivity index (χ3v) is 7.52. The van der Waals surface area contributed by atoms with E-state index in [1.807, 2.05) is 12.1 Å². The fourth-order valence-electron chi connectivity index (χ4n) is 5.97. The SMILES string of the molecule is CCCC1CCC(C2CC(c3ccc(C#N)c(C#N)c3)CCC2CC)CC1. The van der Waals surface area contributed by atoms with Gasteiger partial charge in [-0.1, -0.05) is 52.0 Å². The Hall–Kier alpha value is -1.80. The van der Waals surface area contributed by atoms with Crippen molar-refractivity contribution < 1.29 is 0 Å². The Bertz CT molecular complexity index is 700. The Kier molecular flexibility index (Phi) is 6.95. The molecule has 0 heterocycles. The van der Waals surface area contributed by atoms with E-state index in [9.17, 15) is 10.5 Å². The van der Waals surface area contributed by atoms with E-state index in [1.54, 1.807) is 0 Å². The maximum absolute atomic E-state index is 9.38. The van der Waals surface area contributed by atoms with Crippen LogP contribution in [0.3, 0.4) is 0 Å². The molecular weight excluding hydrogens is 328 g/mol. The topological polar surface area (TPSA) is 47.6 Å². The van der Waals surface area contributed by atoms with Gasteiger partial charge in [-0.2, -0.15) is 10.5 Å². The zero-order valence-corrected chi connectivity index (χ0v) is 17.1. The van der Waals surface area contributed by atoms with Crippen molar-refractivity contribution >= 4 is 0 Å². The molecule has 144 valence electrons. The number of nitriles is 2. The van der Waals surface area contributed by atoms with Crippen molar-refractivity contribution in [2.45, 2.75) is 84.0 Å². The molecule has 1 aromatic carbocycles. The molecule has 2 aliphatic rings. The molecule has 1 aromatic rings. The Morgan fingerprint density at radius 3 is 2.30 bits per heavy atom. The standard InChI is InChI=1S/C25H34N2/c1-3-5-18-6-8-20(9-7-18)25-15-22(11-10-19(25)4-2)21-12-13-23(16-26)24(14-21)17-27/h12-14,18-20,22,25H,3-11,15H2,1-2H3.